The van der Waals surface area contributed by atoms with Gasteiger partial charge in [-0.2, -0.15) is 0 Å². The standard InChI is InChI=1S/C10H20N2O2/c1-7(2)4-12-5-8(10(13)14)3-9(11)6-12/h7-9H,3-6,11H2,1-2H3,(H,13,14). The summed E-state index contributed by atoms with van der Waals surface area (Å²) in [5.74, 6) is -0.429. The van der Waals surface area contributed by atoms with Gasteiger partial charge in [0, 0.05) is 25.7 Å². The van der Waals surface area contributed by atoms with Crippen LogP contribution in [0.25, 0.3) is 0 Å². The van der Waals surface area contributed by atoms with Gasteiger partial charge < -0.3 is 15.7 Å². The van der Waals surface area contributed by atoms with Crippen molar-refractivity contribution in [2.75, 3.05) is 19.6 Å². The summed E-state index contributed by atoms with van der Waals surface area (Å²) in [7, 11) is 0. The number of nitrogens with two attached hydrogens (primary N) is 1. The molecule has 3 N–H and O–H groups in total. The van der Waals surface area contributed by atoms with Gasteiger partial charge in [-0.3, -0.25) is 4.79 Å². The molecule has 4 nitrogen and oxygen atoms in total. The first-order valence-electron chi connectivity index (χ1n) is 5.19. The highest BCUT2D eigenvalue weighted by atomic mass is 16.4. The Hall–Kier alpha value is -0.610. The summed E-state index contributed by atoms with van der Waals surface area (Å²) in [4.78, 5) is 13.0. The third-order valence-electron chi connectivity index (χ3n) is 2.53. The molecule has 2 atom stereocenters. The van der Waals surface area contributed by atoms with Crippen LogP contribution in [0.5, 0.6) is 0 Å². The van der Waals surface area contributed by atoms with E-state index in [1.807, 2.05) is 0 Å². The van der Waals surface area contributed by atoms with Gasteiger partial charge >= 0.3 is 5.97 Å². The first kappa shape index (κ1) is 11.5. The van der Waals surface area contributed by atoms with E-state index in [9.17, 15) is 4.79 Å². The number of piperidine rings is 1. The van der Waals surface area contributed by atoms with E-state index >= 15 is 0 Å². The molecule has 1 saturated heterocycles. The molecule has 4 heteroatoms. The van der Waals surface area contributed by atoms with Crippen LogP contribution in [0.2, 0.25) is 0 Å². The van der Waals surface area contributed by atoms with Crippen molar-refractivity contribution in [2.45, 2.75) is 26.3 Å². The topological polar surface area (TPSA) is 66.6 Å². The fourth-order valence-corrected chi connectivity index (χ4v) is 2.08. The van der Waals surface area contributed by atoms with E-state index in [-0.39, 0.29) is 12.0 Å². The molecule has 1 rings (SSSR count). The van der Waals surface area contributed by atoms with E-state index in [4.69, 9.17) is 10.8 Å². The third-order valence-corrected chi connectivity index (χ3v) is 2.53. The second-order valence-corrected chi connectivity index (χ2v) is 4.64. The number of likely N-dealkylation sites (tertiary alicyclic amines) is 1. The number of nitrogens with zero attached hydrogens (tertiary/aromatic N) is 1. The molecule has 82 valence electrons. The molecule has 0 aromatic heterocycles. The zero-order valence-corrected chi connectivity index (χ0v) is 8.94. The molecule has 0 bridgehead atoms. The second kappa shape index (κ2) is 4.75. The average molecular weight is 200 g/mol. The second-order valence-electron chi connectivity index (χ2n) is 4.64. The highest BCUT2D eigenvalue weighted by molar-refractivity contribution is 5.70. The van der Waals surface area contributed by atoms with E-state index in [1.54, 1.807) is 0 Å². The van der Waals surface area contributed by atoms with Crippen LogP contribution in [-0.2, 0) is 4.79 Å². The number of aliphatic carboxylic acids is 1. The van der Waals surface area contributed by atoms with Gasteiger partial charge in [0.25, 0.3) is 0 Å². The maximum atomic E-state index is 10.8. The Bertz CT molecular complexity index is 204. The minimum atomic E-state index is -0.714. The number of hydrogen-bond donors (Lipinski definition) is 2. The summed E-state index contributed by atoms with van der Waals surface area (Å²) in [6, 6.07) is 0.0172. The molecule has 1 fully saturated rings. The predicted octanol–water partition coefficient (Wildman–Crippen LogP) is 0.376. The number of rotatable bonds is 3. The lowest BCUT2D eigenvalue weighted by Crippen LogP contribution is -2.49. The molecule has 0 aromatic rings. The minimum absolute atomic E-state index is 0.0172. The van der Waals surface area contributed by atoms with E-state index in [2.05, 4.69) is 18.7 Å². The van der Waals surface area contributed by atoms with Crippen molar-refractivity contribution in [3.8, 4) is 0 Å². The molecule has 0 radical (unpaired) electrons. The summed E-state index contributed by atoms with van der Waals surface area (Å²) in [5, 5.41) is 8.93. The van der Waals surface area contributed by atoms with Gasteiger partial charge in [-0.05, 0) is 12.3 Å². The van der Waals surface area contributed by atoms with Crippen LogP contribution in [0.1, 0.15) is 20.3 Å². The summed E-state index contributed by atoms with van der Waals surface area (Å²) >= 11 is 0. The minimum Gasteiger partial charge on any atom is -0.481 e. The molecule has 1 heterocycles. The highest BCUT2D eigenvalue weighted by Gasteiger charge is 2.29. The molecule has 0 aromatic carbocycles. The van der Waals surface area contributed by atoms with Crippen LogP contribution in [-0.4, -0.2) is 41.7 Å². The first-order valence-corrected chi connectivity index (χ1v) is 5.19. The molecule has 1 aliphatic rings. The first-order chi connectivity index (χ1) is 6.49. The average Bonchev–Trinajstić information content (AvgIpc) is 2.01. The Labute approximate surface area is 85.1 Å². The van der Waals surface area contributed by atoms with Crippen molar-refractivity contribution >= 4 is 5.97 Å². The van der Waals surface area contributed by atoms with Crippen LogP contribution >= 0.6 is 0 Å². The fourth-order valence-electron chi connectivity index (χ4n) is 2.08. The fraction of sp³-hybridized carbons (Fsp3) is 0.900. The van der Waals surface area contributed by atoms with Gasteiger partial charge in [-0.1, -0.05) is 13.8 Å². The van der Waals surface area contributed by atoms with Gasteiger partial charge in [0.15, 0.2) is 0 Å². The zero-order valence-electron chi connectivity index (χ0n) is 8.94. The molecule has 0 aliphatic carbocycles. The van der Waals surface area contributed by atoms with E-state index in [1.165, 1.54) is 0 Å². The Morgan fingerprint density at radius 1 is 1.57 bits per heavy atom. The van der Waals surface area contributed by atoms with Gasteiger partial charge in [-0.15, -0.1) is 0 Å². The lowest BCUT2D eigenvalue weighted by Gasteiger charge is -2.35. The lowest BCUT2D eigenvalue weighted by molar-refractivity contribution is -0.143. The van der Waals surface area contributed by atoms with Gasteiger partial charge in [-0.25, -0.2) is 0 Å². The summed E-state index contributed by atoms with van der Waals surface area (Å²) < 4.78 is 0. The Morgan fingerprint density at radius 2 is 2.21 bits per heavy atom. The monoisotopic (exact) mass is 200 g/mol. The molecule has 0 spiro atoms. The molecular weight excluding hydrogens is 180 g/mol. The molecule has 1 aliphatic heterocycles. The molecule has 0 saturated carbocycles. The van der Waals surface area contributed by atoms with Gasteiger partial charge in [0.1, 0.15) is 0 Å². The number of carbonyl (C=O) groups is 1. The van der Waals surface area contributed by atoms with Gasteiger partial charge in [0.2, 0.25) is 0 Å². The lowest BCUT2D eigenvalue weighted by atomic mass is 9.94. The third kappa shape index (κ3) is 3.27. The van der Waals surface area contributed by atoms with Crippen molar-refractivity contribution in [1.29, 1.82) is 0 Å². The van der Waals surface area contributed by atoms with Crippen LogP contribution < -0.4 is 5.73 Å². The Balaban J connectivity index is 2.49. The summed E-state index contributed by atoms with van der Waals surface area (Å²) in [6.07, 6.45) is 0.615. The van der Waals surface area contributed by atoms with Crippen LogP contribution in [0, 0.1) is 11.8 Å². The normalized spacial score (nSPS) is 29.4. The van der Waals surface area contributed by atoms with Crippen LogP contribution in [0.3, 0.4) is 0 Å². The van der Waals surface area contributed by atoms with E-state index in [0.29, 0.717) is 18.9 Å². The zero-order chi connectivity index (χ0) is 10.7. The van der Waals surface area contributed by atoms with Crippen molar-refractivity contribution in [1.82, 2.24) is 4.90 Å². The predicted molar refractivity (Wildman–Crippen MR) is 55.0 cm³/mol. The number of hydrogen-bond acceptors (Lipinski definition) is 3. The molecule has 14 heavy (non-hydrogen) atoms. The maximum Gasteiger partial charge on any atom is 0.307 e. The maximum absolute atomic E-state index is 10.8. The quantitative estimate of drug-likeness (QED) is 0.691. The Kier molecular flexibility index (Phi) is 3.89. The van der Waals surface area contributed by atoms with Crippen LogP contribution in [0.15, 0.2) is 0 Å². The largest absolute Gasteiger partial charge is 0.481 e. The smallest absolute Gasteiger partial charge is 0.307 e. The summed E-state index contributed by atoms with van der Waals surface area (Å²) in [5.41, 5.74) is 5.82. The number of carboxylic acid groups (broad SMARTS) is 1. The Morgan fingerprint density at radius 3 is 2.71 bits per heavy atom. The SMILES string of the molecule is CC(C)CN1CC(N)CC(C(=O)O)C1. The highest BCUT2D eigenvalue weighted by Crippen LogP contribution is 2.16. The van der Waals surface area contributed by atoms with Crippen molar-refractivity contribution in [3.05, 3.63) is 0 Å². The summed E-state index contributed by atoms with van der Waals surface area (Å²) in [6.45, 7) is 6.70. The van der Waals surface area contributed by atoms with Crippen LogP contribution in [0.4, 0.5) is 0 Å². The van der Waals surface area contributed by atoms with Crippen molar-refractivity contribution < 1.29 is 9.90 Å². The number of carboxylic acids is 1. The van der Waals surface area contributed by atoms with Crippen molar-refractivity contribution in [3.63, 3.8) is 0 Å². The van der Waals surface area contributed by atoms with E-state index in [0.717, 1.165) is 13.1 Å². The molecular formula is C10H20N2O2. The van der Waals surface area contributed by atoms with Crippen molar-refractivity contribution in [2.24, 2.45) is 17.6 Å². The molecule has 0 amide bonds. The van der Waals surface area contributed by atoms with E-state index < -0.39 is 5.97 Å². The van der Waals surface area contributed by atoms with Gasteiger partial charge in [0.05, 0.1) is 5.92 Å². The molecule has 2 unspecified atom stereocenters.